The summed E-state index contributed by atoms with van der Waals surface area (Å²) >= 11 is 6.53. The molecule has 1 aromatic carbocycles. The highest BCUT2D eigenvalue weighted by Gasteiger charge is 2.33. The van der Waals surface area contributed by atoms with Gasteiger partial charge in [-0.25, -0.2) is 4.98 Å². The maximum absolute atomic E-state index is 12.7. The molecule has 2 rings (SSSR count). The van der Waals surface area contributed by atoms with Gasteiger partial charge in [0.15, 0.2) is 10.9 Å². The second-order valence-corrected chi connectivity index (χ2v) is 6.73. The summed E-state index contributed by atoms with van der Waals surface area (Å²) in [5, 5.41) is 10.3. The van der Waals surface area contributed by atoms with Gasteiger partial charge in [-0.1, -0.05) is 23.4 Å². The third-order valence-corrected chi connectivity index (χ3v) is 4.32. The molecule has 6 nitrogen and oxygen atoms in total. The van der Waals surface area contributed by atoms with Crippen molar-refractivity contribution in [2.24, 2.45) is 0 Å². The van der Waals surface area contributed by atoms with E-state index in [0.717, 1.165) is 0 Å². The molecule has 136 valence electrons. The molecule has 0 bridgehead atoms. The number of nitrogens with one attached hydrogen (secondary N) is 2. The van der Waals surface area contributed by atoms with Crippen molar-refractivity contribution in [3.63, 3.8) is 0 Å². The van der Waals surface area contributed by atoms with Crippen molar-refractivity contribution in [3.8, 4) is 6.07 Å². The summed E-state index contributed by atoms with van der Waals surface area (Å²) in [6.07, 6.45) is -4.77. The number of carbonyl (C=O) groups excluding carboxylic acids is 1. The van der Waals surface area contributed by atoms with E-state index in [1.54, 1.807) is 0 Å². The van der Waals surface area contributed by atoms with Gasteiger partial charge in [0, 0.05) is 11.8 Å². The summed E-state index contributed by atoms with van der Waals surface area (Å²) in [7, 11) is 0. The van der Waals surface area contributed by atoms with Gasteiger partial charge in [-0.2, -0.15) is 18.4 Å². The van der Waals surface area contributed by atoms with Gasteiger partial charge >= 0.3 is 6.18 Å². The molecule has 0 fully saturated rings. The van der Waals surface area contributed by atoms with Crippen LogP contribution in [0.4, 0.5) is 18.9 Å². The highest BCUT2D eigenvalue weighted by atomic mass is 35.5. The lowest BCUT2D eigenvalue weighted by molar-refractivity contribution is -0.141. The number of aromatic nitrogens is 2. The van der Waals surface area contributed by atoms with Gasteiger partial charge in [0.2, 0.25) is 5.91 Å². The number of alkyl halides is 3. The van der Waals surface area contributed by atoms with Gasteiger partial charge in [0.05, 0.1) is 15.8 Å². The van der Waals surface area contributed by atoms with Crippen LogP contribution in [0.2, 0.25) is 5.02 Å². The van der Waals surface area contributed by atoms with Crippen LogP contribution >= 0.6 is 23.4 Å². The first-order chi connectivity index (χ1) is 12.1. The van der Waals surface area contributed by atoms with Crippen molar-refractivity contribution in [1.82, 2.24) is 9.97 Å². The Bertz CT molecular complexity index is 940. The molecule has 0 radical (unpaired) electrons. The quantitative estimate of drug-likeness (QED) is 0.603. The van der Waals surface area contributed by atoms with Crippen LogP contribution in [0.15, 0.2) is 34.2 Å². The number of hydrogen-bond acceptors (Lipinski definition) is 5. The molecule has 0 aliphatic heterocycles. The molecular weight excluding hydrogens is 393 g/mol. The number of H-pyrrole nitrogens is 1. The number of thioether (sulfide) groups is 1. The van der Waals surface area contributed by atoms with Crippen molar-refractivity contribution in [2.45, 2.75) is 23.5 Å². The highest BCUT2D eigenvalue weighted by molar-refractivity contribution is 8.00. The summed E-state index contributed by atoms with van der Waals surface area (Å²) in [5.41, 5.74) is -1.76. The van der Waals surface area contributed by atoms with E-state index in [1.165, 1.54) is 25.1 Å². The van der Waals surface area contributed by atoms with Crippen LogP contribution in [0.1, 0.15) is 18.2 Å². The number of amides is 1. The molecule has 1 unspecified atom stereocenters. The first-order valence-corrected chi connectivity index (χ1v) is 8.21. The molecular formula is C15H10ClF3N4O2S. The molecule has 0 aliphatic rings. The lowest BCUT2D eigenvalue weighted by Crippen LogP contribution is -2.24. The lowest BCUT2D eigenvalue weighted by Gasteiger charge is -2.13. The smallest absolute Gasteiger partial charge is 0.325 e. The van der Waals surface area contributed by atoms with E-state index in [9.17, 15) is 22.8 Å². The van der Waals surface area contributed by atoms with E-state index in [0.29, 0.717) is 23.5 Å². The van der Waals surface area contributed by atoms with Gasteiger partial charge in [-0.15, -0.1) is 0 Å². The minimum absolute atomic E-state index is 0.148. The normalized spacial score (nSPS) is 12.3. The SMILES string of the molecule is CC(Sc1nc(C(F)(F)F)cc(=O)[nH]1)C(=O)Nc1ccc(C#N)c(Cl)c1. The second kappa shape index (κ2) is 7.80. The first-order valence-electron chi connectivity index (χ1n) is 6.96. The molecule has 2 aromatic rings. The number of aromatic amines is 1. The van der Waals surface area contributed by atoms with E-state index in [1.807, 2.05) is 6.07 Å². The van der Waals surface area contributed by atoms with E-state index < -0.39 is 28.6 Å². The predicted octanol–water partition coefficient (Wildman–Crippen LogP) is 3.43. The summed E-state index contributed by atoms with van der Waals surface area (Å²) in [6, 6.07) is 6.47. The van der Waals surface area contributed by atoms with Gasteiger partial charge in [-0.05, 0) is 25.1 Å². The van der Waals surface area contributed by atoms with Crippen LogP contribution in [0, 0.1) is 11.3 Å². The predicted molar refractivity (Wildman–Crippen MR) is 90.0 cm³/mol. The van der Waals surface area contributed by atoms with Crippen molar-refractivity contribution >= 4 is 35.0 Å². The molecule has 0 aliphatic carbocycles. The van der Waals surface area contributed by atoms with Crippen molar-refractivity contribution in [1.29, 1.82) is 5.26 Å². The van der Waals surface area contributed by atoms with Crippen LogP contribution in [0.3, 0.4) is 0 Å². The Labute approximate surface area is 154 Å². The zero-order chi connectivity index (χ0) is 19.5. The number of anilines is 1. The van der Waals surface area contributed by atoms with Crippen molar-refractivity contribution < 1.29 is 18.0 Å². The number of halogens is 4. The highest BCUT2D eigenvalue weighted by Crippen LogP contribution is 2.29. The Kier molecular flexibility index (Phi) is 5.94. The van der Waals surface area contributed by atoms with Crippen LogP contribution < -0.4 is 10.9 Å². The number of carbonyl (C=O) groups is 1. The molecule has 11 heteroatoms. The molecule has 1 aromatic heterocycles. The molecule has 26 heavy (non-hydrogen) atoms. The Morgan fingerprint density at radius 2 is 2.12 bits per heavy atom. The van der Waals surface area contributed by atoms with Gasteiger partial charge in [-0.3, -0.25) is 9.59 Å². The lowest BCUT2D eigenvalue weighted by atomic mass is 10.2. The van der Waals surface area contributed by atoms with E-state index >= 15 is 0 Å². The average Bonchev–Trinajstić information content (AvgIpc) is 2.53. The molecule has 0 saturated heterocycles. The second-order valence-electron chi connectivity index (χ2n) is 4.99. The van der Waals surface area contributed by atoms with Crippen LogP contribution in [0.25, 0.3) is 0 Å². The number of nitriles is 1. The summed E-state index contributed by atoms with van der Waals surface area (Å²) in [4.78, 5) is 29.0. The third kappa shape index (κ3) is 5.00. The minimum atomic E-state index is -4.77. The Morgan fingerprint density at radius 1 is 1.42 bits per heavy atom. The molecule has 2 N–H and O–H groups in total. The zero-order valence-electron chi connectivity index (χ0n) is 13.0. The maximum Gasteiger partial charge on any atom is 0.433 e. The fraction of sp³-hybridized carbons (Fsp3) is 0.200. The monoisotopic (exact) mass is 402 g/mol. The zero-order valence-corrected chi connectivity index (χ0v) is 14.6. The number of nitrogens with zero attached hydrogens (tertiary/aromatic N) is 2. The van der Waals surface area contributed by atoms with Gasteiger partial charge < -0.3 is 10.3 Å². The molecule has 1 heterocycles. The van der Waals surface area contributed by atoms with Crippen molar-refractivity contribution in [2.75, 3.05) is 5.32 Å². The Balaban J connectivity index is 2.12. The molecule has 1 atom stereocenters. The number of benzene rings is 1. The van der Waals surface area contributed by atoms with Crippen molar-refractivity contribution in [3.05, 3.63) is 50.9 Å². The molecule has 0 saturated carbocycles. The summed E-state index contributed by atoms with van der Waals surface area (Å²) < 4.78 is 38.1. The van der Waals surface area contributed by atoms with Crippen LogP contribution in [-0.2, 0) is 11.0 Å². The van der Waals surface area contributed by atoms with Gasteiger partial charge in [0.1, 0.15) is 6.07 Å². The number of hydrogen-bond donors (Lipinski definition) is 2. The van der Waals surface area contributed by atoms with Gasteiger partial charge in [0.25, 0.3) is 5.56 Å². The molecule has 1 amide bonds. The standard InChI is InChI=1S/C15H10ClF3N4O2S/c1-7(13(25)21-9-3-2-8(6-20)10(16)4-9)26-14-22-11(15(17,18)19)5-12(24)23-14/h2-5,7H,1H3,(H,21,25)(H,22,23,24). The third-order valence-electron chi connectivity index (χ3n) is 3.03. The number of rotatable bonds is 4. The molecule has 0 spiro atoms. The summed E-state index contributed by atoms with van der Waals surface area (Å²) in [6.45, 7) is 1.44. The fourth-order valence-corrected chi connectivity index (χ4v) is 2.82. The van der Waals surface area contributed by atoms with E-state index in [-0.39, 0.29) is 15.7 Å². The largest absolute Gasteiger partial charge is 0.433 e. The maximum atomic E-state index is 12.7. The minimum Gasteiger partial charge on any atom is -0.325 e. The van der Waals surface area contributed by atoms with E-state index in [2.05, 4.69) is 15.3 Å². The Morgan fingerprint density at radius 3 is 2.69 bits per heavy atom. The van der Waals surface area contributed by atoms with Crippen LogP contribution in [0.5, 0.6) is 0 Å². The average molecular weight is 403 g/mol. The topological polar surface area (TPSA) is 98.6 Å². The fourth-order valence-electron chi connectivity index (χ4n) is 1.78. The Hall–Kier alpha value is -2.51. The first kappa shape index (κ1) is 19.8. The van der Waals surface area contributed by atoms with Crippen LogP contribution in [-0.4, -0.2) is 21.1 Å². The summed E-state index contributed by atoms with van der Waals surface area (Å²) in [5.74, 6) is -0.546. The van der Waals surface area contributed by atoms with E-state index in [4.69, 9.17) is 16.9 Å².